The van der Waals surface area contributed by atoms with Gasteiger partial charge in [-0.2, -0.15) is 0 Å². The lowest BCUT2D eigenvalue weighted by Gasteiger charge is -2.47. The Bertz CT molecular complexity index is 314. The zero-order valence-electron chi connectivity index (χ0n) is 13.4. The van der Waals surface area contributed by atoms with E-state index in [1.165, 1.54) is 64.6 Å². The highest BCUT2D eigenvalue weighted by atomic mass is 16.5. The van der Waals surface area contributed by atoms with E-state index in [0.29, 0.717) is 11.6 Å². The molecule has 0 bridgehead atoms. The highest BCUT2D eigenvalue weighted by Crippen LogP contribution is 2.35. The van der Waals surface area contributed by atoms with Crippen LogP contribution in [-0.4, -0.2) is 48.8 Å². The molecular formula is C17H32N2O. The first-order valence-corrected chi connectivity index (χ1v) is 8.87. The van der Waals surface area contributed by atoms with Gasteiger partial charge >= 0.3 is 0 Å². The van der Waals surface area contributed by atoms with Crippen molar-refractivity contribution < 1.29 is 4.74 Å². The zero-order chi connectivity index (χ0) is 14.0. The number of hydrogen-bond donors (Lipinski definition) is 1. The second-order valence-corrected chi connectivity index (χ2v) is 7.23. The molecule has 3 aliphatic rings. The predicted octanol–water partition coefficient (Wildman–Crippen LogP) is 2.80. The molecule has 1 N–H and O–H groups in total. The summed E-state index contributed by atoms with van der Waals surface area (Å²) in [5.74, 6) is 0.769. The fourth-order valence-electron chi connectivity index (χ4n) is 4.69. The maximum atomic E-state index is 5.90. The van der Waals surface area contributed by atoms with E-state index in [1.807, 2.05) is 0 Å². The predicted molar refractivity (Wildman–Crippen MR) is 83.0 cm³/mol. The van der Waals surface area contributed by atoms with Crippen molar-refractivity contribution in [3.05, 3.63) is 0 Å². The van der Waals surface area contributed by atoms with Gasteiger partial charge in [-0.15, -0.1) is 0 Å². The van der Waals surface area contributed by atoms with Gasteiger partial charge in [0.2, 0.25) is 0 Å². The van der Waals surface area contributed by atoms with Crippen molar-refractivity contribution in [3.8, 4) is 0 Å². The molecule has 0 aromatic rings. The van der Waals surface area contributed by atoms with Gasteiger partial charge in [0.25, 0.3) is 0 Å². The number of nitrogens with one attached hydrogen (secondary N) is 1. The Morgan fingerprint density at radius 1 is 1.20 bits per heavy atom. The number of nitrogens with zero attached hydrogens (tertiary/aromatic N) is 1. The molecule has 0 amide bonds. The van der Waals surface area contributed by atoms with Crippen LogP contribution in [0, 0.1) is 5.92 Å². The molecule has 3 unspecified atom stereocenters. The Morgan fingerprint density at radius 2 is 2.00 bits per heavy atom. The van der Waals surface area contributed by atoms with Crippen molar-refractivity contribution >= 4 is 0 Å². The van der Waals surface area contributed by atoms with Crippen LogP contribution in [0.1, 0.15) is 58.8 Å². The van der Waals surface area contributed by atoms with E-state index in [1.54, 1.807) is 0 Å². The summed E-state index contributed by atoms with van der Waals surface area (Å²) in [5.41, 5.74) is 0.451. The fourth-order valence-corrected chi connectivity index (χ4v) is 4.69. The molecule has 3 atom stereocenters. The largest absolute Gasteiger partial charge is 0.378 e. The lowest BCUT2D eigenvalue weighted by molar-refractivity contribution is 0.0367. The minimum absolute atomic E-state index is 0.451. The topological polar surface area (TPSA) is 24.5 Å². The summed E-state index contributed by atoms with van der Waals surface area (Å²) in [6.45, 7) is 9.34. The summed E-state index contributed by atoms with van der Waals surface area (Å²) >= 11 is 0. The smallest absolute Gasteiger partial charge is 0.0613 e. The normalized spacial score (nSPS) is 37.8. The van der Waals surface area contributed by atoms with E-state index in [-0.39, 0.29) is 0 Å². The second-order valence-electron chi connectivity index (χ2n) is 7.23. The SMILES string of the molecule is CCC1OCCC1CN1CC2(CCCC2)NCC1CC. The van der Waals surface area contributed by atoms with Gasteiger partial charge in [-0.1, -0.05) is 26.7 Å². The van der Waals surface area contributed by atoms with Crippen LogP contribution >= 0.6 is 0 Å². The molecule has 2 saturated heterocycles. The quantitative estimate of drug-likeness (QED) is 0.857. The number of piperazine rings is 1. The zero-order valence-corrected chi connectivity index (χ0v) is 13.4. The van der Waals surface area contributed by atoms with E-state index < -0.39 is 0 Å². The van der Waals surface area contributed by atoms with Gasteiger partial charge in [-0.3, -0.25) is 4.90 Å². The Labute approximate surface area is 124 Å². The van der Waals surface area contributed by atoms with Crippen LogP contribution in [0.25, 0.3) is 0 Å². The van der Waals surface area contributed by atoms with Crippen LogP contribution in [0.15, 0.2) is 0 Å². The van der Waals surface area contributed by atoms with Crippen LogP contribution in [0.2, 0.25) is 0 Å². The summed E-state index contributed by atoms with van der Waals surface area (Å²) in [6, 6.07) is 0.735. The van der Waals surface area contributed by atoms with Crippen LogP contribution in [0.3, 0.4) is 0 Å². The lowest BCUT2D eigenvalue weighted by atomic mass is 9.89. The van der Waals surface area contributed by atoms with Crippen molar-refractivity contribution in [2.24, 2.45) is 5.92 Å². The minimum atomic E-state index is 0.451. The van der Waals surface area contributed by atoms with Crippen molar-refractivity contribution in [2.75, 3.05) is 26.2 Å². The van der Waals surface area contributed by atoms with Gasteiger partial charge in [-0.05, 0) is 38.0 Å². The van der Waals surface area contributed by atoms with Gasteiger partial charge < -0.3 is 10.1 Å². The third kappa shape index (κ3) is 2.90. The van der Waals surface area contributed by atoms with Crippen LogP contribution in [0.5, 0.6) is 0 Å². The van der Waals surface area contributed by atoms with E-state index in [2.05, 4.69) is 24.1 Å². The van der Waals surface area contributed by atoms with E-state index in [0.717, 1.165) is 18.6 Å². The Hall–Kier alpha value is -0.120. The summed E-state index contributed by atoms with van der Waals surface area (Å²) < 4.78 is 5.90. The first-order chi connectivity index (χ1) is 9.76. The first kappa shape index (κ1) is 14.8. The van der Waals surface area contributed by atoms with Crippen LogP contribution < -0.4 is 5.32 Å². The van der Waals surface area contributed by atoms with Gasteiger partial charge in [0.05, 0.1) is 6.10 Å². The van der Waals surface area contributed by atoms with E-state index in [4.69, 9.17) is 4.74 Å². The third-order valence-electron chi connectivity index (χ3n) is 5.98. The van der Waals surface area contributed by atoms with Crippen molar-refractivity contribution in [3.63, 3.8) is 0 Å². The van der Waals surface area contributed by atoms with Crippen LogP contribution in [-0.2, 0) is 4.74 Å². The average molecular weight is 280 g/mol. The molecule has 20 heavy (non-hydrogen) atoms. The summed E-state index contributed by atoms with van der Waals surface area (Å²) in [5, 5.41) is 3.90. The van der Waals surface area contributed by atoms with Crippen LogP contribution in [0.4, 0.5) is 0 Å². The molecule has 0 radical (unpaired) electrons. The van der Waals surface area contributed by atoms with Crippen molar-refractivity contribution in [1.29, 1.82) is 0 Å². The molecule has 2 aliphatic heterocycles. The maximum absolute atomic E-state index is 5.90. The summed E-state index contributed by atoms with van der Waals surface area (Å²) in [6.07, 6.45) is 9.85. The molecule has 3 fully saturated rings. The third-order valence-corrected chi connectivity index (χ3v) is 5.98. The van der Waals surface area contributed by atoms with E-state index in [9.17, 15) is 0 Å². The first-order valence-electron chi connectivity index (χ1n) is 8.87. The lowest BCUT2D eigenvalue weighted by Crippen LogP contribution is -2.63. The molecule has 2 heterocycles. The Morgan fingerprint density at radius 3 is 2.70 bits per heavy atom. The molecule has 1 aliphatic carbocycles. The van der Waals surface area contributed by atoms with Gasteiger partial charge in [0.1, 0.15) is 0 Å². The highest BCUT2D eigenvalue weighted by Gasteiger charge is 2.42. The van der Waals surface area contributed by atoms with Gasteiger partial charge in [0.15, 0.2) is 0 Å². The molecular weight excluding hydrogens is 248 g/mol. The molecule has 3 rings (SSSR count). The molecule has 1 saturated carbocycles. The standard InChI is InChI=1S/C17H32N2O/c1-3-15-11-18-17(8-5-6-9-17)13-19(15)12-14-7-10-20-16(14)4-2/h14-16,18H,3-13H2,1-2H3. The fraction of sp³-hybridized carbons (Fsp3) is 1.00. The number of hydrogen-bond acceptors (Lipinski definition) is 3. The van der Waals surface area contributed by atoms with Gasteiger partial charge in [0, 0.05) is 37.8 Å². The second kappa shape index (κ2) is 6.33. The molecule has 0 aromatic heterocycles. The molecule has 0 aromatic carbocycles. The molecule has 116 valence electrons. The van der Waals surface area contributed by atoms with Crippen molar-refractivity contribution in [1.82, 2.24) is 10.2 Å². The summed E-state index contributed by atoms with van der Waals surface area (Å²) in [4.78, 5) is 2.81. The highest BCUT2D eigenvalue weighted by molar-refractivity contribution is 5.01. The Balaban J connectivity index is 1.64. The number of rotatable bonds is 4. The van der Waals surface area contributed by atoms with Gasteiger partial charge in [-0.25, -0.2) is 0 Å². The maximum Gasteiger partial charge on any atom is 0.0613 e. The molecule has 3 nitrogen and oxygen atoms in total. The van der Waals surface area contributed by atoms with E-state index >= 15 is 0 Å². The molecule has 1 spiro atoms. The monoisotopic (exact) mass is 280 g/mol. The minimum Gasteiger partial charge on any atom is -0.378 e. The average Bonchev–Trinajstić information content (AvgIpc) is 3.09. The Kier molecular flexibility index (Phi) is 4.68. The molecule has 3 heteroatoms. The van der Waals surface area contributed by atoms with Crippen molar-refractivity contribution in [2.45, 2.75) is 76.5 Å². The summed E-state index contributed by atoms with van der Waals surface area (Å²) in [7, 11) is 0. The number of ether oxygens (including phenoxy) is 1.